The van der Waals surface area contributed by atoms with Gasteiger partial charge in [-0.3, -0.25) is 9.59 Å². The van der Waals surface area contributed by atoms with Gasteiger partial charge in [-0.15, -0.1) is 5.10 Å². The Bertz CT molecular complexity index is 1450. The number of hydrogen-bond acceptors (Lipinski definition) is 5. The molecule has 0 radical (unpaired) electrons. The SMILES string of the molecule is COc1ccc(NC(=O)c2ccc3nn(CC(=O)Nc4ccc5c(c4)CCC5)c(=O)n3c2)cc1. The van der Waals surface area contributed by atoms with Crippen molar-refractivity contribution < 1.29 is 14.3 Å². The number of nitrogens with one attached hydrogen (secondary N) is 2. The molecule has 0 atom stereocenters. The van der Waals surface area contributed by atoms with Crippen LogP contribution in [-0.2, 0) is 24.2 Å². The minimum atomic E-state index is -0.502. The number of carbonyl (C=O) groups is 2. The maximum Gasteiger partial charge on any atom is 0.350 e. The van der Waals surface area contributed by atoms with E-state index in [2.05, 4.69) is 15.7 Å². The average Bonchev–Trinajstić information content (AvgIpc) is 3.43. The molecule has 2 aromatic carbocycles. The quantitative estimate of drug-likeness (QED) is 0.463. The van der Waals surface area contributed by atoms with Crippen LogP contribution >= 0.6 is 0 Å². The van der Waals surface area contributed by atoms with Gasteiger partial charge >= 0.3 is 5.69 Å². The molecule has 0 bridgehead atoms. The van der Waals surface area contributed by atoms with E-state index in [-0.39, 0.29) is 23.9 Å². The number of anilines is 2. The van der Waals surface area contributed by atoms with E-state index in [1.165, 1.54) is 21.7 Å². The third kappa shape index (κ3) is 4.27. The number of ether oxygens (including phenoxy) is 1. The molecule has 0 aliphatic heterocycles. The van der Waals surface area contributed by atoms with E-state index < -0.39 is 5.69 Å². The van der Waals surface area contributed by atoms with Crippen molar-refractivity contribution >= 4 is 28.8 Å². The van der Waals surface area contributed by atoms with Crippen molar-refractivity contribution in [3.63, 3.8) is 0 Å². The van der Waals surface area contributed by atoms with Crippen molar-refractivity contribution in [3.05, 3.63) is 88.0 Å². The zero-order chi connectivity index (χ0) is 23.7. The van der Waals surface area contributed by atoms with Gasteiger partial charge < -0.3 is 15.4 Å². The minimum absolute atomic E-state index is 0.231. The highest BCUT2D eigenvalue weighted by atomic mass is 16.5. The number of hydrogen-bond donors (Lipinski definition) is 2. The van der Waals surface area contributed by atoms with Crippen molar-refractivity contribution in [2.75, 3.05) is 17.7 Å². The number of amides is 2. The number of pyridine rings is 1. The first-order valence-electron chi connectivity index (χ1n) is 11.0. The molecule has 1 aliphatic carbocycles. The Hall–Kier alpha value is -4.40. The molecule has 172 valence electrons. The van der Waals surface area contributed by atoms with Crippen molar-refractivity contribution in [1.29, 1.82) is 0 Å². The van der Waals surface area contributed by atoms with E-state index in [1.54, 1.807) is 43.5 Å². The Balaban J connectivity index is 1.30. The second-order valence-corrected chi connectivity index (χ2v) is 8.15. The molecule has 2 heterocycles. The highest BCUT2D eigenvalue weighted by molar-refractivity contribution is 6.04. The van der Waals surface area contributed by atoms with E-state index in [1.807, 2.05) is 18.2 Å². The number of carbonyl (C=O) groups excluding carboxylic acids is 2. The normalized spacial score (nSPS) is 12.4. The molecular weight excluding hydrogens is 434 g/mol. The van der Waals surface area contributed by atoms with Gasteiger partial charge in [0.2, 0.25) is 5.91 Å². The van der Waals surface area contributed by atoms with Crippen LogP contribution in [0.1, 0.15) is 27.9 Å². The van der Waals surface area contributed by atoms with Crippen LogP contribution in [0.4, 0.5) is 11.4 Å². The van der Waals surface area contributed by atoms with Gasteiger partial charge in [-0.05, 0) is 78.9 Å². The molecule has 2 amide bonds. The topological polar surface area (TPSA) is 107 Å². The molecule has 9 nitrogen and oxygen atoms in total. The highest BCUT2D eigenvalue weighted by Gasteiger charge is 2.15. The van der Waals surface area contributed by atoms with Crippen molar-refractivity contribution in [2.45, 2.75) is 25.8 Å². The first kappa shape index (κ1) is 21.4. The molecule has 0 fully saturated rings. The lowest BCUT2D eigenvalue weighted by Gasteiger charge is -2.07. The van der Waals surface area contributed by atoms with Gasteiger partial charge in [-0.1, -0.05) is 6.07 Å². The Kier molecular flexibility index (Phi) is 5.59. The fourth-order valence-corrected chi connectivity index (χ4v) is 4.12. The molecule has 9 heteroatoms. The molecule has 0 saturated heterocycles. The van der Waals surface area contributed by atoms with Crippen LogP contribution in [-0.4, -0.2) is 33.1 Å². The monoisotopic (exact) mass is 457 g/mol. The molecular formula is C25H23N5O4. The zero-order valence-corrected chi connectivity index (χ0v) is 18.6. The maximum absolute atomic E-state index is 12.8. The molecule has 34 heavy (non-hydrogen) atoms. The summed E-state index contributed by atoms with van der Waals surface area (Å²) >= 11 is 0. The van der Waals surface area contributed by atoms with Gasteiger partial charge in [0.1, 0.15) is 12.3 Å². The highest BCUT2D eigenvalue weighted by Crippen LogP contribution is 2.24. The average molecular weight is 457 g/mol. The van der Waals surface area contributed by atoms with Gasteiger partial charge in [-0.2, -0.15) is 0 Å². The van der Waals surface area contributed by atoms with Gasteiger partial charge in [0.25, 0.3) is 5.91 Å². The molecule has 0 spiro atoms. The summed E-state index contributed by atoms with van der Waals surface area (Å²) in [5.74, 6) is -0.0411. The smallest absolute Gasteiger partial charge is 0.350 e. The van der Waals surface area contributed by atoms with Crippen molar-refractivity contribution in [1.82, 2.24) is 14.2 Å². The number of benzene rings is 2. The van der Waals surface area contributed by atoms with Crippen molar-refractivity contribution in [3.8, 4) is 5.75 Å². The first-order valence-corrected chi connectivity index (χ1v) is 11.0. The van der Waals surface area contributed by atoms with E-state index in [0.717, 1.165) is 23.9 Å². The van der Waals surface area contributed by atoms with Crippen LogP contribution < -0.4 is 21.1 Å². The lowest BCUT2D eigenvalue weighted by Crippen LogP contribution is -2.28. The predicted octanol–water partition coefficient (Wildman–Crippen LogP) is 2.88. The number of nitrogens with zero attached hydrogens (tertiary/aromatic N) is 3. The lowest BCUT2D eigenvalue weighted by atomic mass is 10.1. The molecule has 2 N–H and O–H groups in total. The molecule has 1 aliphatic rings. The van der Waals surface area contributed by atoms with E-state index in [0.29, 0.717) is 22.8 Å². The van der Waals surface area contributed by atoms with Crippen LogP contribution in [0.2, 0.25) is 0 Å². The summed E-state index contributed by atoms with van der Waals surface area (Å²) in [6.45, 7) is -0.231. The lowest BCUT2D eigenvalue weighted by molar-refractivity contribution is -0.117. The Morgan fingerprint density at radius 3 is 2.53 bits per heavy atom. The van der Waals surface area contributed by atoms with Crippen LogP contribution in [0.15, 0.2) is 65.6 Å². The number of fused-ring (bicyclic) bond motifs is 2. The fraction of sp³-hybridized carbons (Fsp3) is 0.200. The Morgan fingerprint density at radius 2 is 1.74 bits per heavy atom. The van der Waals surface area contributed by atoms with Crippen LogP contribution in [0.5, 0.6) is 5.75 Å². The third-order valence-corrected chi connectivity index (χ3v) is 5.86. The van der Waals surface area contributed by atoms with Crippen LogP contribution in [0, 0.1) is 0 Å². The zero-order valence-electron chi connectivity index (χ0n) is 18.6. The van der Waals surface area contributed by atoms with Gasteiger partial charge in [0.05, 0.1) is 12.7 Å². The number of aromatic nitrogens is 3. The van der Waals surface area contributed by atoms with Gasteiger partial charge in [0, 0.05) is 17.6 Å². The van der Waals surface area contributed by atoms with E-state index >= 15 is 0 Å². The Morgan fingerprint density at radius 1 is 0.971 bits per heavy atom. The number of aryl methyl sites for hydroxylation is 2. The maximum atomic E-state index is 12.8. The van der Waals surface area contributed by atoms with Gasteiger partial charge in [0.15, 0.2) is 5.65 Å². The summed E-state index contributed by atoms with van der Waals surface area (Å²) < 4.78 is 7.45. The molecule has 0 saturated carbocycles. The summed E-state index contributed by atoms with van der Waals surface area (Å²) in [4.78, 5) is 38.0. The summed E-state index contributed by atoms with van der Waals surface area (Å²) in [6, 6.07) is 16.0. The van der Waals surface area contributed by atoms with E-state index in [4.69, 9.17) is 4.74 Å². The summed E-state index contributed by atoms with van der Waals surface area (Å²) in [5.41, 5.74) is 4.00. The molecule has 4 aromatic rings. The second-order valence-electron chi connectivity index (χ2n) is 8.15. The van der Waals surface area contributed by atoms with Gasteiger partial charge in [-0.25, -0.2) is 13.9 Å². The third-order valence-electron chi connectivity index (χ3n) is 5.86. The first-order chi connectivity index (χ1) is 16.5. The second kappa shape index (κ2) is 8.86. The molecule has 5 rings (SSSR count). The largest absolute Gasteiger partial charge is 0.497 e. The fourth-order valence-electron chi connectivity index (χ4n) is 4.12. The summed E-state index contributed by atoms with van der Waals surface area (Å²) in [7, 11) is 1.57. The summed E-state index contributed by atoms with van der Waals surface area (Å²) in [6.07, 6.45) is 4.63. The minimum Gasteiger partial charge on any atom is -0.497 e. The molecule has 2 aromatic heterocycles. The van der Waals surface area contributed by atoms with E-state index in [9.17, 15) is 14.4 Å². The predicted molar refractivity (Wildman–Crippen MR) is 127 cm³/mol. The van der Waals surface area contributed by atoms with Crippen LogP contribution in [0.25, 0.3) is 5.65 Å². The molecule has 0 unspecified atom stereocenters. The summed E-state index contributed by atoms with van der Waals surface area (Å²) in [5, 5.41) is 9.83. The number of rotatable bonds is 6. The Labute approximate surface area is 195 Å². The van der Waals surface area contributed by atoms with Crippen molar-refractivity contribution in [2.24, 2.45) is 0 Å². The van der Waals surface area contributed by atoms with Crippen LogP contribution in [0.3, 0.4) is 0 Å². The number of methoxy groups -OCH3 is 1. The standard InChI is InChI=1S/C25H23N5O4/c1-34-21-10-8-19(9-11-21)27-24(32)18-6-12-22-28-30(25(33)29(22)14-18)15-23(31)26-20-7-5-16-3-2-4-17(16)13-20/h5-14H,2-4,15H2,1H3,(H,26,31)(H,27,32).